The highest BCUT2D eigenvalue weighted by Gasteiger charge is 2.21. The molecule has 1 aromatic carbocycles. The molecule has 4 nitrogen and oxygen atoms in total. The summed E-state index contributed by atoms with van der Waals surface area (Å²) in [4.78, 5) is 2.52. The molecule has 0 radical (unpaired) electrons. The van der Waals surface area contributed by atoms with Crippen LogP contribution in [0.3, 0.4) is 0 Å². The van der Waals surface area contributed by atoms with Crippen molar-refractivity contribution in [2.24, 2.45) is 0 Å². The molecule has 0 amide bonds. The number of nitrogens with one attached hydrogen (secondary N) is 1. The minimum atomic E-state index is 0.346. The van der Waals surface area contributed by atoms with E-state index in [9.17, 15) is 0 Å². The second kappa shape index (κ2) is 6.67. The molecule has 0 aliphatic carbocycles. The molecule has 2 aliphatic rings. The van der Waals surface area contributed by atoms with Crippen LogP contribution in [0, 0.1) is 0 Å². The Hall–Kier alpha value is -1.26. The molecule has 1 atom stereocenters. The number of ether oxygens (including phenoxy) is 2. The number of likely N-dealkylation sites (tertiary alicyclic amines) is 1. The van der Waals surface area contributed by atoms with Crippen LogP contribution in [0.5, 0.6) is 11.5 Å². The molecular formula is C17H26N2O2. The normalized spacial score (nSPS) is 21.2. The van der Waals surface area contributed by atoms with Crippen molar-refractivity contribution in [3.8, 4) is 11.5 Å². The highest BCUT2D eigenvalue weighted by molar-refractivity contribution is 5.44. The lowest BCUT2D eigenvalue weighted by atomic mass is 10.0. The molecule has 1 fully saturated rings. The first-order chi connectivity index (χ1) is 10.3. The Bertz CT molecular complexity index is 470. The van der Waals surface area contributed by atoms with Gasteiger partial charge in [-0.25, -0.2) is 0 Å². The van der Waals surface area contributed by atoms with Gasteiger partial charge in [0, 0.05) is 12.1 Å². The molecule has 1 N–H and O–H groups in total. The third kappa shape index (κ3) is 3.50. The molecular weight excluding hydrogens is 264 g/mol. The van der Waals surface area contributed by atoms with E-state index in [0.717, 1.165) is 11.5 Å². The maximum Gasteiger partial charge on any atom is 0.161 e. The SMILES string of the molecule is CCN1CCC(NC(C)c2ccc3c(c2)OCCO3)CC1. The van der Waals surface area contributed by atoms with E-state index in [-0.39, 0.29) is 0 Å². The lowest BCUT2D eigenvalue weighted by Gasteiger charge is -2.33. The summed E-state index contributed by atoms with van der Waals surface area (Å²) < 4.78 is 11.3. The molecule has 1 unspecified atom stereocenters. The van der Waals surface area contributed by atoms with Gasteiger partial charge in [0.1, 0.15) is 13.2 Å². The van der Waals surface area contributed by atoms with E-state index >= 15 is 0 Å². The first-order valence-electron chi connectivity index (χ1n) is 8.14. The van der Waals surface area contributed by atoms with Gasteiger partial charge in [0.15, 0.2) is 11.5 Å². The van der Waals surface area contributed by atoms with E-state index in [1.165, 1.54) is 38.0 Å². The third-order valence-corrected chi connectivity index (χ3v) is 4.59. The van der Waals surface area contributed by atoms with Crippen molar-refractivity contribution in [1.29, 1.82) is 0 Å². The van der Waals surface area contributed by atoms with E-state index < -0.39 is 0 Å². The van der Waals surface area contributed by atoms with Crippen LogP contribution < -0.4 is 14.8 Å². The molecule has 0 bridgehead atoms. The van der Waals surface area contributed by atoms with Crippen LogP contribution in [0.4, 0.5) is 0 Å². The molecule has 3 rings (SSSR count). The fourth-order valence-corrected chi connectivity index (χ4v) is 3.19. The third-order valence-electron chi connectivity index (χ3n) is 4.59. The van der Waals surface area contributed by atoms with Crippen molar-refractivity contribution in [2.75, 3.05) is 32.8 Å². The van der Waals surface area contributed by atoms with Gasteiger partial charge in [0.25, 0.3) is 0 Å². The van der Waals surface area contributed by atoms with Gasteiger partial charge in [-0.2, -0.15) is 0 Å². The number of fused-ring (bicyclic) bond motifs is 1. The van der Waals surface area contributed by atoms with Crippen molar-refractivity contribution in [1.82, 2.24) is 10.2 Å². The second-order valence-electron chi connectivity index (χ2n) is 6.00. The van der Waals surface area contributed by atoms with E-state index in [2.05, 4.69) is 36.2 Å². The molecule has 2 aliphatic heterocycles. The number of hydrogen-bond acceptors (Lipinski definition) is 4. The summed E-state index contributed by atoms with van der Waals surface area (Å²) in [6.45, 7) is 9.36. The summed E-state index contributed by atoms with van der Waals surface area (Å²) in [5, 5.41) is 3.76. The van der Waals surface area contributed by atoms with Gasteiger partial charge in [-0.3, -0.25) is 0 Å². The minimum absolute atomic E-state index is 0.346. The van der Waals surface area contributed by atoms with Crippen LogP contribution in [0.25, 0.3) is 0 Å². The molecule has 0 aromatic heterocycles. The van der Waals surface area contributed by atoms with E-state index in [1.54, 1.807) is 0 Å². The predicted octanol–water partition coefficient (Wildman–Crippen LogP) is 2.59. The Balaban J connectivity index is 1.59. The predicted molar refractivity (Wildman–Crippen MR) is 84.1 cm³/mol. The zero-order valence-corrected chi connectivity index (χ0v) is 13.1. The first kappa shape index (κ1) is 14.7. The van der Waals surface area contributed by atoms with Gasteiger partial charge in [-0.15, -0.1) is 0 Å². The van der Waals surface area contributed by atoms with Crippen molar-refractivity contribution in [3.63, 3.8) is 0 Å². The highest BCUT2D eigenvalue weighted by Crippen LogP contribution is 2.32. The molecule has 116 valence electrons. The van der Waals surface area contributed by atoms with Gasteiger partial charge in [0.2, 0.25) is 0 Å². The quantitative estimate of drug-likeness (QED) is 0.924. The largest absolute Gasteiger partial charge is 0.486 e. The van der Waals surface area contributed by atoms with Gasteiger partial charge < -0.3 is 19.7 Å². The Labute approximate surface area is 127 Å². The van der Waals surface area contributed by atoms with Crippen LogP contribution in [0.1, 0.15) is 38.3 Å². The van der Waals surface area contributed by atoms with Gasteiger partial charge in [-0.1, -0.05) is 13.0 Å². The number of nitrogens with zero attached hydrogens (tertiary/aromatic N) is 1. The van der Waals surface area contributed by atoms with Crippen molar-refractivity contribution < 1.29 is 9.47 Å². The lowest BCUT2D eigenvalue weighted by molar-refractivity contribution is 0.171. The van der Waals surface area contributed by atoms with Crippen LogP contribution >= 0.6 is 0 Å². The van der Waals surface area contributed by atoms with Gasteiger partial charge in [-0.05, 0) is 57.1 Å². The summed E-state index contributed by atoms with van der Waals surface area (Å²) in [6, 6.07) is 7.26. The minimum Gasteiger partial charge on any atom is -0.486 e. The molecule has 0 saturated carbocycles. The van der Waals surface area contributed by atoms with Crippen LogP contribution in [-0.2, 0) is 0 Å². The maximum absolute atomic E-state index is 5.67. The Kier molecular flexibility index (Phi) is 4.66. The van der Waals surface area contributed by atoms with E-state index in [4.69, 9.17) is 9.47 Å². The van der Waals surface area contributed by atoms with Gasteiger partial charge in [0.05, 0.1) is 0 Å². The summed E-state index contributed by atoms with van der Waals surface area (Å²) in [6.07, 6.45) is 2.48. The summed E-state index contributed by atoms with van der Waals surface area (Å²) in [7, 11) is 0. The maximum atomic E-state index is 5.67. The Morgan fingerprint density at radius 3 is 2.62 bits per heavy atom. The smallest absolute Gasteiger partial charge is 0.161 e. The average Bonchev–Trinajstić information content (AvgIpc) is 2.55. The summed E-state index contributed by atoms with van der Waals surface area (Å²) in [5.41, 5.74) is 1.28. The van der Waals surface area contributed by atoms with Gasteiger partial charge >= 0.3 is 0 Å². The monoisotopic (exact) mass is 290 g/mol. The van der Waals surface area contributed by atoms with Crippen molar-refractivity contribution in [2.45, 2.75) is 38.8 Å². The number of benzene rings is 1. The average molecular weight is 290 g/mol. The van der Waals surface area contributed by atoms with Crippen LogP contribution in [0.2, 0.25) is 0 Å². The van der Waals surface area contributed by atoms with Crippen molar-refractivity contribution in [3.05, 3.63) is 23.8 Å². The molecule has 1 saturated heterocycles. The molecule has 21 heavy (non-hydrogen) atoms. The summed E-state index contributed by atoms with van der Waals surface area (Å²) >= 11 is 0. The number of piperidine rings is 1. The summed E-state index contributed by atoms with van der Waals surface area (Å²) in [5.74, 6) is 1.75. The molecule has 1 aromatic rings. The molecule has 4 heteroatoms. The van der Waals surface area contributed by atoms with Crippen LogP contribution in [-0.4, -0.2) is 43.8 Å². The fraction of sp³-hybridized carbons (Fsp3) is 0.647. The zero-order chi connectivity index (χ0) is 14.7. The Morgan fingerprint density at radius 2 is 1.90 bits per heavy atom. The standard InChI is InChI=1S/C17H26N2O2/c1-3-19-8-6-15(7-9-19)18-13(2)14-4-5-16-17(12-14)21-11-10-20-16/h4-5,12-13,15,18H,3,6-11H2,1-2H3. The highest BCUT2D eigenvalue weighted by atomic mass is 16.6. The van der Waals surface area contributed by atoms with E-state index in [1.807, 2.05) is 6.07 Å². The second-order valence-corrected chi connectivity index (χ2v) is 6.00. The zero-order valence-electron chi connectivity index (χ0n) is 13.1. The van der Waals surface area contributed by atoms with Crippen molar-refractivity contribution >= 4 is 0 Å². The topological polar surface area (TPSA) is 33.7 Å². The molecule has 2 heterocycles. The fourth-order valence-electron chi connectivity index (χ4n) is 3.19. The number of rotatable bonds is 4. The van der Waals surface area contributed by atoms with E-state index in [0.29, 0.717) is 25.3 Å². The van der Waals surface area contributed by atoms with Crippen LogP contribution in [0.15, 0.2) is 18.2 Å². The lowest BCUT2D eigenvalue weighted by Crippen LogP contribution is -2.43. The Morgan fingerprint density at radius 1 is 1.19 bits per heavy atom. The molecule has 0 spiro atoms. The first-order valence-corrected chi connectivity index (χ1v) is 8.14. The number of hydrogen-bond donors (Lipinski definition) is 1.